The van der Waals surface area contributed by atoms with Gasteiger partial charge in [-0.3, -0.25) is 0 Å². The van der Waals surface area contributed by atoms with Gasteiger partial charge >= 0.3 is 0 Å². The van der Waals surface area contributed by atoms with Crippen molar-refractivity contribution in [2.45, 2.75) is 18.7 Å². The summed E-state index contributed by atoms with van der Waals surface area (Å²) in [6.07, 6.45) is 0. The van der Waals surface area contributed by atoms with Crippen molar-refractivity contribution < 1.29 is 0 Å². The lowest BCUT2D eigenvalue weighted by Gasteiger charge is -2.04. The van der Waals surface area contributed by atoms with Crippen LogP contribution in [0.5, 0.6) is 0 Å². The number of benzene rings is 1. The number of thioether (sulfide) groups is 1. The number of alkyl halides is 1. The first kappa shape index (κ1) is 10.1. The van der Waals surface area contributed by atoms with Crippen LogP contribution >= 0.6 is 27.7 Å². The van der Waals surface area contributed by atoms with Gasteiger partial charge in [-0.15, -0.1) is 11.8 Å². The lowest BCUT2D eigenvalue weighted by molar-refractivity contribution is 1.26. The molecule has 0 saturated heterocycles. The molecule has 1 rings (SSSR count). The Balaban J connectivity index is 2.75. The maximum Gasteiger partial charge on any atom is 0.0126 e. The second kappa shape index (κ2) is 4.93. The van der Waals surface area contributed by atoms with Crippen molar-refractivity contribution in [2.24, 2.45) is 0 Å². The van der Waals surface area contributed by atoms with E-state index in [9.17, 15) is 0 Å². The third-order valence-corrected chi connectivity index (χ3v) is 3.76. The highest BCUT2D eigenvalue weighted by atomic mass is 79.9. The molecule has 66 valence electrons. The van der Waals surface area contributed by atoms with E-state index < -0.39 is 0 Å². The van der Waals surface area contributed by atoms with E-state index in [1.54, 1.807) is 0 Å². The van der Waals surface area contributed by atoms with Gasteiger partial charge in [0, 0.05) is 16.0 Å². The third kappa shape index (κ3) is 2.83. The molecule has 0 N–H and O–H groups in total. The number of halogens is 1. The highest BCUT2D eigenvalue weighted by Crippen LogP contribution is 2.23. The monoisotopic (exact) mass is 244 g/mol. The number of rotatable bonds is 3. The Labute approximate surface area is 86.9 Å². The Morgan fingerprint density at radius 3 is 2.75 bits per heavy atom. The highest BCUT2D eigenvalue weighted by molar-refractivity contribution is 9.09. The molecule has 0 aromatic heterocycles. The van der Waals surface area contributed by atoms with Crippen LogP contribution < -0.4 is 0 Å². The zero-order chi connectivity index (χ0) is 8.97. The van der Waals surface area contributed by atoms with Crippen LogP contribution in [0.3, 0.4) is 0 Å². The smallest absolute Gasteiger partial charge is 0.0126 e. The van der Waals surface area contributed by atoms with Crippen LogP contribution in [0.4, 0.5) is 0 Å². The molecule has 0 atom stereocenters. The van der Waals surface area contributed by atoms with Gasteiger partial charge in [-0.1, -0.05) is 33.6 Å². The summed E-state index contributed by atoms with van der Waals surface area (Å²) < 4.78 is 0. The summed E-state index contributed by atoms with van der Waals surface area (Å²) in [5, 5.41) is 1.06. The highest BCUT2D eigenvalue weighted by Gasteiger charge is 1.97. The number of hydrogen-bond donors (Lipinski definition) is 0. The van der Waals surface area contributed by atoms with E-state index in [-0.39, 0.29) is 0 Å². The maximum absolute atomic E-state index is 3.43. The largest absolute Gasteiger partial charge is 0.125 e. The van der Waals surface area contributed by atoms with E-state index in [1.165, 1.54) is 16.0 Å². The molecule has 0 radical (unpaired) electrons. The Morgan fingerprint density at radius 1 is 1.33 bits per heavy atom. The summed E-state index contributed by atoms with van der Waals surface area (Å²) in [5.41, 5.74) is 2.73. The topological polar surface area (TPSA) is 0 Å². The van der Waals surface area contributed by atoms with Crippen molar-refractivity contribution in [2.75, 3.05) is 11.1 Å². The normalized spacial score (nSPS) is 10.2. The summed E-state index contributed by atoms with van der Waals surface area (Å²) in [7, 11) is 0. The summed E-state index contributed by atoms with van der Waals surface area (Å²) in [6, 6.07) is 6.60. The molecule has 0 aliphatic heterocycles. The van der Waals surface area contributed by atoms with Crippen molar-refractivity contribution in [3.63, 3.8) is 0 Å². The van der Waals surface area contributed by atoms with E-state index in [4.69, 9.17) is 0 Å². The molecule has 0 unspecified atom stereocenters. The van der Waals surface area contributed by atoms with E-state index >= 15 is 0 Å². The summed E-state index contributed by atoms with van der Waals surface area (Å²) >= 11 is 5.34. The molecule has 0 aliphatic carbocycles. The van der Waals surface area contributed by atoms with Crippen LogP contribution in [0.25, 0.3) is 0 Å². The van der Waals surface area contributed by atoms with Crippen molar-refractivity contribution in [1.29, 1.82) is 0 Å². The predicted octanol–water partition coefficient (Wildman–Crippen LogP) is 3.79. The fraction of sp³-hybridized carbons (Fsp3) is 0.400. The lowest BCUT2D eigenvalue weighted by atomic mass is 10.2. The zero-order valence-corrected chi connectivity index (χ0v) is 9.83. The number of hydrogen-bond acceptors (Lipinski definition) is 1. The molecule has 1 aromatic rings. The molecular formula is C10H13BrS. The van der Waals surface area contributed by atoms with Gasteiger partial charge in [-0.25, -0.2) is 0 Å². The van der Waals surface area contributed by atoms with Gasteiger partial charge in [0.25, 0.3) is 0 Å². The number of aryl methyl sites for hydroxylation is 2. The van der Waals surface area contributed by atoms with Gasteiger partial charge < -0.3 is 0 Å². The Bertz CT molecular complexity index is 258. The molecule has 1 aromatic carbocycles. The summed E-state index contributed by atoms with van der Waals surface area (Å²) in [6.45, 7) is 4.30. The Morgan fingerprint density at radius 2 is 2.08 bits per heavy atom. The van der Waals surface area contributed by atoms with Crippen LogP contribution in [0.1, 0.15) is 11.1 Å². The van der Waals surface area contributed by atoms with Crippen molar-refractivity contribution in [3.8, 4) is 0 Å². The standard InChI is InChI=1S/C10H13BrS/c1-8-3-4-9(2)10(7-8)12-6-5-11/h3-4,7H,5-6H2,1-2H3. The maximum atomic E-state index is 3.43. The van der Waals surface area contributed by atoms with Gasteiger partial charge in [0.1, 0.15) is 0 Å². The lowest BCUT2D eigenvalue weighted by Crippen LogP contribution is -1.84. The fourth-order valence-corrected chi connectivity index (χ4v) is 2.36. The minimum absolute atomic E-state index is 1.06. The average Bonchev–Trinajstić information content (AvgIpc) is 2.07. The predicted molar refractivity (Wildman–Crippen MR) is 60.4 cm³/mol. The molecular weight excluding hydrogens is 232 g/mol. The van der Waals surface area contributed by atoms with Crippen LogP contribution in [0, 0.1) is 13.8 Å². The molecule has 0 spiro atoms. The molecule has 0 saturated carbocycles. The Kier molecular flexibility index (Phi) is 4.16. The van der Waals surface area contributed by atoms with Gasteiger partial charge in [0.15, 0.2) is 0 Å². The molecule has 0 fully saturated rings. The van der Waals surface area contributed by atoms with E-state index in [2.05, 4.69) is 48.0 Å². The van der Waals surface area contributed by atoms with Crippen LogP contribution in [0.2, 0.25) is 0 Å². The second-order valence-corrected chi connectivity index (χ2v) is 4.74. The SMILES string of the molecule is Cc1ccc(C)c(SCCBr)c1. The van der Waals surface area contributed by atoms with E-state index in [1.807, 2.05) is 11.8 Å². The van der Waals surface area contributed by atoms with E-state index in [0.717, 1.165) is 11.1 Å². The summed E-state index contributed by atoms with van der Waals surface area (Å²) in [4.78, 5) is 1.41. The van der Waals surface area contributed by atoms with Gasteiger partial charge in [0.2, 0.25) is 0 Å². The van der Waals surface area contributed by atoms with Gasteiger partial charge in [0.05, 0.1) is 0 Å². The van der Waals surface area contributed by atoms with Crippen LogP contribution in [-0.4, -0.2) is 11.1 Å². The molecule has 0 bridgehead atoms. The first-order chi connectivity index (χ1) is 5.74. The van der Waals surface area contributed by atoms with Gasteiger partial charge in [-0.2, -0.15) is 0 Å². The van der Waals surface area contributed by atoms with E-state index in [0.29, 0.717) is 0 Å². The quantitative estimate of drug-likeness (QED) is 0.576. The first-order valence-corrected chi connectivity index (χ1v) is 6.11. The average molecular weight is 245 g/mol. The molecule has 0 aliphatic rings. The molecule has 0 amide bonds. The molecule has 0 nitrogen and oxygen atoms in total. The Hall–Kier alpha value is 0.0500. The van der Waals surface area contributed by atoms with Gasteiger partial charge in [-0.05, 0) is 25.5 Å². The van der Waals surface area contributed by atoms with Crippen molar-refractivity contribution in [1.82, 2.24) is 0 Å². The van der Waals surface area contributed by atoms with Crippen molar-refractivity contribution in [3.05, 3.63) is 29.3 Å². The minimum Gasteiger partial charge on any atom is -0.125 e. The van der Waals surface area contributed by atoms with Crippen LogP contribution in [0.15, 0.2) is 23.1 Å². The molecule has 2 heteroatoms. The molecule has 0 heterocycles. The molecule has 12 heavy (non-hydrogen) atoms. The minimum atomic E-state index is 1.06. The second-order valence-electron chi connectivity index (χ2n) is 2.81. The fourth-order valence-electron chi connectivity index (χ4n) is 1.01. The third-order valence-electron chi connectivity index (χ3n) is 1.68. The first-order valence-electron chi connectivity index (χ1n) is 4.00. The van der Waals surface area contributed by atoms with Crippen molar-refractivity contribution >= 4 is 27.7 Å². The summed E-state index contributed by atoms with van der Waals surface area (Å²) in [5.74, 6) is 1.14. The zero-order valence-electron chi connectivity index (χ0n) is 7.43. The van der Waals surface area contributed by atoms with Crippen LogP contribution in [-0.2, 0) is 0 Å².